The second-order valence-corrected chi connectivity index (χ2v) is 5.16. The van der Waals surface area contributed by atoms with E-state index in [1.807, 2.05) is 6.92 Å². The first-order chi connectivity index (χ1) is 8.02. The van der Waals surface area contributed by atoms with E-state index in [9.17, 15) is 9.59 Å². The lowest BCUT2D eigenvalue weighted by atomic mass is 10.2. The normalized spacial score (nSPS) is 25.8. The van der Waals surface area contributed by atoms with Crippen molar-refractivity contribution in [1.29, 1.82) is 0 Å². The molecule has 2 aliphatic rings. The number of rotatable bonds is 3. The van der Waals surface area contributed by atoms with Gasteiger partial charge in [0, 0.05) is 19.6 Å². The summed E-state index contributed by atoms with van der Waals surface area (Å²) < 4.78 is 0. The van der Waals surface area contributed by atoms with Gasteiger partial charge in [0.05, 0.1) is 0 Å². The van der Waals surface area contributed by atoms with Crippen LogP contribution >= 0.6 is 0 Å². The highest BCUT2D eigenvalue weighted by Gasteiger charge is 2.39. The van der Waals surface area contributed by atoms with Crippen LogP contribution in [0.1, 0.15) is 32.6 Å². The van der Waals surface area contributed by atoms with Crippen molar-refractivity contribution in [2.24, 2.45) is 5.92 Å². The molecule has 1 aliphatic carbocycles. The van der Waals surface area contributed by atoms with Crippen LogP contribution in [-0.2, 0) is 4.79 Å². The Labute approximate surface area is 101 Å². The maximum Gasteiger partial charge on any atom is 0.326 e. The molecule has 1 unspecified atom stereocenters. The Morgan fingerprint density at radius 2 is 2.00 bits per heavy atom. The van der Waals surface area contributed by atoms with Gasteiger partial charge in [0.25, 0.3) is 0 Å². The first-order valence-corrected chi connectivity index (χ1v) is 6.28. The van der Waals surface area contributed by atoms with E-state index in [2.05, 4.69) is 0 Å². The van der Waals surface area contributed by atoms with Gasteiger partial charge in [0.15, 0.2) is 0 Å². The van der Waals surface area contributed by atoms with Gasteiger partial charge in [-0.15, -0.1) is 0 Å². The highest BCUT2D eigenvalue weighted by Crippen LogP contribution is 2.35. The van der Waals surface area contributed by atoms with E-state index in [1.165, 1.54) is 17.7 Å². The Hall–Kier alpha value is -1.26. The topological polar surface area (TPSA) is 60.9 Å². The number of nitrogens with zero attached hydrogens (tertiary/aromatic N) is 2. The van der Waals surface area contributed by atoms with Crippen molar-refractivity contribution in [3.63, 3.8) is 0 Å². The maximum absolute atomic E-state index is 12.2. The number of carbonyl (C=O) groups excluding carboxylic acids is 1. The average molecular weight is 240 g/mol. The van der Waals surface area contributed by atoms with Crippen molar-refractivity contribution in [1.82, 2.24) is 9.80 Å². The molecule has 5 nitrogen and oxygen atoms in total. The smallest absolute Gasteiger partial charge is 0.326 e. The van der Waals surface area contributed by atoms with Gasteiger partial charge in [-0.05, 0) is 38.5 Å². The van der Waals surface area contributed by atoms with E-state index in [-0.39, 0.29) is 12.1 Å². The fourth-order valence-electron chi connectivity index (χ4n) is 2.52. The number of aliphatic carboxylic acids is 1. The van der Waals surface area contributed by atoms with E-state index in [1.54, 1.807) is 11.9 Å². The predicted octanol–water partition coefficient (Wildman–Crippen LogP) is 1.39. The molecule has 96 valence electrons. The third kappa shape index (κ3) is 2.37. The molecule has 1 N–H and O–H groups in total. The summed E-state index contributed by atoms with van der Waals surface area (Å²) >= 11 is 0. The third-order valence-electron chi connectivity index (χ3n) is 4.00. The number of urea groups is 1. The van der Waals surface area contributed by atoms with Crippen molar-refractivity contribution < 1.29 is 14.7 Å². The predicted molar refractivity (Wildman–Crippen MR) is 62.7 cm³/mol. The Bertz CT molecular complexity index is 328. The van der Waals surface area contributed by atoms with E-state index in [0.717, 1.165) is 6.42 Å². The van der Waals surface area contributed by atoms with Gasteiger partial charge in [0.1, 0.15) is 6.04 Å². The number of carboxylic acids is 1. The van der Waals surface area contributed by atoms with Gasteiger partial charge in [-0.25, -0.2) is 9.59 Å². The minimum Gasteiger partial charge on any atom is -0.480 e. The van der Waals surface area contributed by atoms with Crippen molar-refractivity contribution in [2.75, 3.05) is 13.6 Å². The van der Waals surface area contributed by atoms with Gasteiger partial charge >= 0.3 is 12.0 Å². The van der Waals surface area contributed by atoms with Gasteiger partial charge in [0.2, 0.25) is 0 Å². The molecule has 1 saturated heterocycles. The first-order valence-electron chi connectivity index (χ1n) is 6.28. The number of likely N-dealkylation sites (tertiary alicyclic amines) is 1. The van der Waals surface area contributed by atoms with E-state index in [0.29, 0.717) is 18.9 Å². The molecule has 2 rings (SSSR count). The lowest BCUT2D eigenvalue weighted by Crippen LogP contribution is -2.49. The Morgan fingerprint density at radius 3 is 2.53 bits per heavy atom. The lowest BCUT2D eigenvalue weighted by molar-refractivity contribution is -0.141. The summed E-state index contributed by atoms with van der Waals surface area (Å²) in [6, 6.07) is -0.539. The average Bonchev–Trinajstić information content (AvgIpc) is 3.02. The van der Waals surface area contributed by atoms with Gasteiger partial charge in [-0.1, -0.05) is 0 Å². The SMILES string of the molecule is CC(C1CC1)N(C)C(=O)N1CCC[C@H]1C(=O)O. The molecule has 2 amide bonds. The summed E-state index contributed by atoms with van der Waals surface area (Å²) in [5, 5.41) is 9.06. The molecule has 0 aromatic carbocycles. The van der Waals surface area contributed by atoms with Crippen molar-refractivity contribution >= 4 is 12.0 Å². The molecular weight excluding hydrogens is 220 g/mol. The fraction of sp³-hybridized carbons (Fsp3) is 0.833. The van der Waals surface area contributed by atoms with Crippen LogP contribution in [0.2, 0.25) is 0 Å². The molecule has 17 heavy (non-hydrogen) atoms. The first kappa shape index (κ1) is 12.2. The fourth-order valence-corrected chi connectivity index (χ4v) is 2.52. The molecule has 0 aromatic rings. The number of carbonyl (C=O) groups is 2. The maximum atomic E-state index is 12.2. The minimum absolute atomic E-state index is 0.130. The van der Waals surface area contributed by atoms with E-state index in [4.69, 9.17) is 5.11 Å². The van der Waals surface area contributed by atoms with Gasteiger partial charge < -0.3 is 14.9 Å². The van der Waals surface area contributed by atoms with Crippen LogP contribution in [0.25, 0.3) is 0 Å². The minimum atomic E-state index is -0.886. The van der Waals surface area contributed by atoms with Crippen LogP contribution < -0.4 is 0 Å². The summed E-state index contributed by atoms with van der Waals surface area (Å²) in [6.45, 7) is 2.61. The highest BCUT2D eigenvalue weighted by molar-refractivity contribution is 5.83. The van der Waals surface area contributed by atoms with E-state index >= 15 is 0 Å². The van der Waals surface area contributed by atoms with E-state index < -0.39 is 12.0 Å². The second-order valence-electron chi connectivity index (χ2n) is 5.16. The van der Waals surface area contributed by atoms with Crippen LogP contribution in [0, 0.1) is 5.92 Å². The summed E-state index contributed by atoms with van der Waals surface area (Å²) in [4.78, 5) is 26.5. The largest absolute Gasteiger partial charge is 0.480 e. The standard InChI is InChI=1S/C12H20N2O3/c1-8(9-5-6-9)13(2)12(17)14-7-3-4-10(14)11(15)16/h8-10H,3-7H2,1-2H3,(H,15,16)/t8?,10-/m0/s1. The van der Waals surface area contributed by atoms with Crippen molar-refractivity contribution in [3.8, 4) is 0 Å². The number of hydrogen-bond donors (Lipinski definition) is 1. The van der Waals surface area contributed by atoms with Crippen LogP contribution in [-0.4, -0.2) is 52.6 Å². The second kappa shape index (κ2) is 4.55. The Balaban J connectivity index is 2.00. The number of carboxylic acid groups (broad SMARTS) is 1. The Kier molecular flexibility index (Phi) is 3.26. The zero-order valence-electron chi connectivity index (χ0n) is 10.4. The summed E-state index contributed by atoms with van der Waals surface area (Å²) in [7, 11) is 1.78. The molecule has 1 saturated carbocycles. The quantitative estimate of drug-likeness (QED) is 0.810. The van der Waals surface area contributed by atoms with Crippen LogP contribution in [0.5, 0.6) is 0 Å². The molecule has 0 spiro atoms. The van der Waals surface area contributed by atoms with Crippen LogP contribution in [0.15, 0.2) is 0 Å². The molecule has 2 atom stereocenters. The zero-order chi connectivity index (χ0) is 12.6. The monoisotopic (exact) mass is 240 g/mol. The molecular formula is C12H20N2O3. The van der Waals surface area contributed by atoms with Crippen molar-refractivity contribution in [3.05, 3.63) is 0 Å². The molecule has 2 fully saturated rings. The molecule has 0 aromatic heterocycles. The Morgan fingerprint density at radius 1 is 1.35 bits per heavy atom. The third-order valence-corrected chi connectivity index (χ3v) is 4.00. The number of hydrogen-bond acceptors (Lipinski definition) is 2. The van der Waals surface area contributed by atoms with Crippen LogP contribution in [0.4, 0.5) is 4.79 Å². The molecule has 5 heteroatoms. The van der Waals surface area contributed by atoms with Crippen LogP contribution in [0.3, 0.4) is 0 Å². The van der Waals surface area contributed by atoms with Crippen molar-refractivity contribution in [2.45, 2.75) is 44.7 Å². The van der Waals surface area contributed by atoms with Gasteiger partial charge in [-0.3, -0.25) is 0 Å². The molecule has 1 aliphatic heterocycles. The zero-order valence-corrected chi connectivity index (χ0v) is 10.4. The summed E-state index contributed by atoms with van der Waals surface area (Å²) in [5.41, 5.74) is 0. The number of amides is 2. The summed E-state index contributed by atoms with van der Waals surface area (Å²) in [6.07, 6.45) is 3.73. The summed E-state index contributed by atoms with van der Waals surface area (Å²) in [5.74, 6) is -0.279. The molecule has 0 radical (unpaired) electrons. The highest BCUT2D eigenvalue weighted by atomic mass is 16.4. The van der Waals surface area contributed by atoms with Gasteiger partial charge in [-0.2, -0.15) is 0 Å². The molecule has 1 heterocycles. The molecule has 0 bridgehead atoms. The lowest BCUT2D eigenvalue weighted by Gasteiger charge is -2.31.